The average molecular weight is 653 g/mol. The van der Waals surface area contributed by atoms with Crippen LogP contribution < -0.4 is 9.80 Å². The first-order chi connectivity index (χ1) is 21.0. The van der Waals surface area contributed by atoms with Gasteiger partial charge in [-0.25, -0.2) is 4.39 Å². The van der Waals surface area contributed by atoms with Crippen LogP contribution in [0.1, 0.15) is 75.6 Å². The molecule has 0 atom stereocenters. The van der Waals surface area contributed by atoms with Gasteiger partial charge in [0.15, 0.2) is 8.32 Å². The molecular formula is C34H48F4N2O4Si. The summed E-state index contributed by atoms with van der Waals surface area (Å²) >= 11 is 0. The van der Waals surface area contributed by atoms with E-state index in [2.05, 4.69) is 38.8 Å². The van der Waals surface area contributed by atoms with Crippen molar-refractivity contribution < 1.29 is 36.3 Å². The maximum Gasteiger partial charge on any atom is 0.471 e. The molecule has 0 N–H and O–H groups in total. The molecule has 0 aromatic heterocycles. The van der Waals surface area contributed by atoms with E-state index < -0.39 is 32.2 Å². The van der Waals surface area contributed by atoms with Crippen LogP contribution in [0.2, 0.25) is 18.1 Å². The van der Waals surface area contributed by atoms with Crippen molar-refractivity contribution in [3.8, 4) is 0 Å². The van der Waals surface area contributed by atoms with Gasteiger partial charge in [0.05, 0.1) is 13.2 Å². The van der Waals surface area contributed by atoms with Crippen LogP contribution in [0, 0.1) is 12.7 Å². The number of fused-ring (bicyclic) bond motifs is 1. The highest BCUT2D eigenvalue weighted by Gasteiger charge is 2.43. The molecule has 11 heteroatoms. The Morgan fingerprint density at radius 1 is 1.04 bits per heavy atom. The Morgan fingerprint density at radius 3 is 2.36 bits per heavy atom. The average Bonchev–Trinajstić information content (AvgIpc) is 2.94. The molecule has 1 heterocycles. The standard InChI is InChI=1S/C34H48F4N2O4Si/c1-8-43-30(41)18-16-25-15-17-28(22-29(25)35)40(32(42)34(36,37)38)23-27-14-13-26-12-11-20-39(31(26)24(27)2)19-9-10-21-44-45(6,7)33(3,4)5/h13-15,17,22H,8-12,16,18-21,23H2,1-7H3. The summed E-state index contributed by atoms with van der Waals surface area (Å²) in [7, 11) is -1.82. The van der Waals surface area contributed by atoms with Gasteiger partial charge in [0.1, 0.15) is 5.82 Å². The Hall–Kier alpha value is -2.92. The molecule has 0 fully saturated rings. The van der Waals surface area contributed by atoms with Gasteiger partial charge in [-0.2, -0.15) is 13.2 Å². The van der Waals surface area contributed by atoms with Crippen LogP contribution in [0.4, 0.5) is 28.9 Å². The topological polar surface area (TPSA) is 59.1 Å². The third-order valence-corrected chi connectivity index (χ3v) is 13.5. The van der Waals surface area contributed by atoms with E-state index in [0.29, 0.717) is 17.1 Å². The molecule has 0 saturated carbocycles. The van der Waals surface area contributed by atoms with Crippen LogP contribution in [-0.4, -0.2) is 52.7 Å². The molecule has 6 nitrogen and oxygen atoms in total. The van der Waals surface area contributed by atoms with Crippen molar-refractivity contribution in [1.82, 2.24) is 0 Å². The smallest absolute Gasteiger partial charge is 0.466 e. The van der Waals surface area contributed by atoms with Gasteiger partial charge in [0.2, 0.25) is 0 Å². The van der Waals surface area contributed by atoms with Gasteiger partial charge >= 0.3 is 18.1 Å². The molecule has 0 aliphatic carbocycles. The predicted molar refractivity (Wildman–Crippen MR) is 173 cm³/mol. The number of benzene rings is 2. The molecule has 1 aliphatic rings. The second kappa shape index (κ2) is 15.1. The lowest BCUT2D eigenvalue weighted by molar-refractivity contribution is -0.170. The molecule has 1 aliphatic heterocycles. The number of hydrogen-bond acceptors (Lipinski definition) is 5. The summed E-state index contributed by atoms with van der Waals surface area (Å²) in [6, 6.07) is 7.23. The van der Waals surface area contributed by atoms with E-state index in [4.69, 9.17) is 9.16 Å². The summed E-state index contributed by atoms with van der Waals surface area (Å²) in [4.78, 5) is 27.2. The molecule has 2 aromatic carbocycles. The van der Waals surface area contributed by atoms with Gasteiger partial charge in [0.25, 0.3) is 0 Å². The minimum atomic E-state index is -5.15. The number of hydrogen-bond donors (Lipinski definition) is 0. The van der Waals surface area contributed by atoms with Crippen molar-refractivity contribution in [1.29, 1.82) is 0 Å². The number of esters is 1. The third kappa shape index (κ3) is 9.54. The quantitative estimate of drug-likeness (QED) is 0.0944. The summed E-state index contributed by atoms with van der Waals surface area (Å²) in [5.74, 6) is -3.36. The normalized spacial score (nSPS) is 13.9. The van der Waals surface area contributed by atoms with Crippen LogP contribution >= 0.6 is 0 Å². The number of amides is 1. The van der Waals surface area contributed by atoms with Crippen molar-refractivity contribution in [2.24, 2.45) is 0 Å². The van der Waals surface area contributed by atoms with Gasteiger partial charge < -0.3 is 19.0 Å². The molecule has 250 valence electrons. The number of rotatable bonds is 13. The maximum atomic E-state index is 15.0. The van der Waals surface area contributed by atoms with E-state index in [9.17, 15) is 22.8 Å². The molecule has 1 amide bonds. The van der Waals surface area contributed by atoms with E-state index in [-0.39, 0.29) is 42.3 Å². The summed E-state index contributed by atoms with van der Waals surface area (Å²) in [5, 5.41) is 0.144. The number of alkyl halides is 3. The molecule has 2 aromatic rings. The lowest BCUT2D eigenvalue weighted by Gasteiger charge is -2.36. The number of nitrogens with zero attached hydrogens (tertiary/aromatic N) is 2. The third-order valence-electron chi connectivity index (χ3n) is 8.98. The van der Waals surface area contributed by atoms with E-state index in [0.717, 1.165) is 61.7 Å². The molecule has 0 unspecified atom stereocenters. The Balaban J connectivity index is 1.81. The Morgan fingerprint density at radius 2 is 1.73 bits per heavy atom. The lowest BCUT2D eigenvalue weighted by Crippen LogP contribution is -2.41. The summed E-state index contributed by atoms with van der Waals surface area (Å²) in [5.41, 5.74) is 3.46. The van der Waals surface area contributed by atoms with Crippen LogP contribution in [0.3, 0.4) is 0 Å². The van der Waals surface area contributed by atoms with Crippen molar-refractivity contribution in [3.63, 3.8) is 0 Å². The Bertz CT molecular complexity index is 1340. The zero-order valence-corrected chi connectivity index (χ0v) is 28.7. The van der Waals surface area contributed by atoms with E-state index >= 15 is 4.39 Å². The van der Waals surface area contributed by atoms with Crippen LogP contribution in [0.25, 0.3) is 0 Å². The zero-order valence-electron chi connectivity index (χ0n) is 27.7. The van der Waals surface area contributed by atoms with Crippen LogP contribution in [0.5, 0.6) is 0 Å². The SMILES string of the molecule is CCOC(=O)CCc1ccc(N(Cc2ccc3c(c2C)N(CCCCO[Si](C)(C)C(C)(C)C)CCC3)C(=O)C(F)(F)F)cc1F. The van der Waals surface area contributed by atoms with Gasteiger partial charge in [-0.3, -0.25) is 9.59 Å². The maximum absolute atomic E-state index is 15.0. The van der Waals surface area contributed by atoms with Gasteiger partial charge in [-0.15, -0.1) is 0 Å². The number of carbonyl (C=O) groups excluding carboxylic acids is 2. The van der Waals surface area contributed by atoms with E-state index in [1.165, 1.54) is 12.1 Å². The molecule has 0 spiro atoms. The minimum absolute atomic E-state index is 0.0281. The first-order valence-electron chi connectivity index (χ1n) is 15.8. The fourth-order valence-corrected chi connectivity index (χ4v) is 6.42. The minimum Gasteiger partial charge on any atom is -0.466 e. The van der Waals surface area contributed by atoms with Crippen molar-refractivity contribution in [2.45, 2.75) is 104 Å². The highest BCUT2D eigenvalue weighted by Crippen LogP contribution is 2.37. The summed E-state index contributed by atoms with van der Waals surface area (Å²) in [6.07, 6.45) is -1.52. The highest BCUT2D eigenvalue weighted by atomic mass is 28.4. The second-order valence-corrected chi connectivity index (χ2v) is 18.0. The predicted octanol–water partition coefficient (Wildman–Crippen LogP) is 8.28. The van der Waals surface area contributed by atoms with Gasteiger partial charge in [0, 0.05) is 37.5 Å². The summed E-state index contributed by atoms with van der Waals surface area (Å²) in [6.45, 7) is 16.8. The van der Waals surface area contributed by atoms with E-state index in [1.54, 1.807) is 13.0 Å². The first kappa shape index (κ1) is 36.5. The fraction of sp³-hybridized carbons (Fsp3) is 0.588. The number of halogens is 4. The molecular weight excluding hydrogens is 604 g/mol. The van der Waals surface area contributed by atoms with Crippen molar-refractivity contribution in [2.75, 3.05) is 36.1 Å². The lowest BCUT2D eigenvalue weighted by atomic mass is 9.94. The molecule has 0 bridgehead atoms. The first-order valence-corrected chi connectivity index (χ1v) is 18.7. The number of carbonyl (C=O) groups is 2. The number of ether oxygens (including phenoxy) is 1. The number of anilines is 2. The number of aryl methyl sites for hydroxylation is 2. The molecule has 3 rings (SSSR count). The molecule has 45 heavy (non-hydrogen) atoms. The Kier molecular flexibility index (Phi) is 12.3. The summed E-state index contributed by atoms with van der Waals surface area (Å²) < 4.78 is 67.5. The van der Waals surface area contributed by atoms with Gasteiger partial charge in [-0.05, 0) is 98.5 Å². The fourth-order valence-electron chi connectivity index (χ4n) is 5.34. The zero-order chi connectivity index (χ0) is 33.6. The van der Waals surface area contributed by atoms with E-state index in [1.807, 2.05) is 13.0 Å². The highest BCUT2D eigenvalue weighted by molar-refractivity contribution is 6.74. The van der Waals surface area contributed by atoms with Crippen LogP contribution in [0.15, 0.2) is 30.3 Å². The molecule has 0 radical (unpaired) electrons. The van der Waals surface area contributed by atoms with Crippen molar-refractivity contribution in [3.05, 3.63) is 58.4 Å². The monoisotopic (exact) mass is 652 g/mol. The number of unbranched alkanes of at least 4 members (excludes halogenated alkanes) is 1. The molecule has 0 saturated heterocycles. The van der Waals surface area contributed by atoms with Crippen LogP contribution in [-0.2, 0) is 38.1 Å². The van der Waals surface area contributed by atoms with Crippen molar-refractivity contribution >= 4 is 31.6 Å². The second-order valence-electron chi connectivity index (χ2n) is 13.2. The Labute approximate surface area is 266 Å². The largest absolute Gasteiger partial charge is 0.471 e. The van der Waals surface area contributed by atoms with Gasteiger partial charge in [-0.1, -0.05) is 39.0 Å².